The molecule has 130 valence electrons. The van der Waals surface area contributed by atoms with Gasteiger partial charge in [-0.1, -0.05) is 18.5 Å². The molecule has 1 saturated carbocycles. The van der Waals surface area contributed by atoms with E-state index in [9.17, 15) is 9.18 Å². The zero-order valence-electron chi connectivity index (χ0n) is 13.9. The van der Waals surface area contributed by atoms with Crippen molar-refractivity contribution in [1.29, 1.82) is 0 Å². The maximum absolute atomic E-state index is 13.4. The molecule has 2 aromatic rings. The Hall–Kier alpha value is -2.14. The van der Waals surface area contributed by atoms with Crippen LogP contribution in [0, 0.1) is 11.7 Å². The van der Waals surface area contributed by atoms with Crippen molar-refractivity contribution in [2.24, 2.45) is 5.92 Å². The van der Waals surface area contributed by atoms with E-state index in [2.05, 4.69) is 17.2 Å². The van der Waals surface area contributed by atoms with Crippen molar-refractivity contribution in [1.82, 2.24) is 9.88 Å². The molecule has 0 spiro atoms. The van der Waals surface area contributed by atoms with E-state index in [1.54, 1.807) is 24.4 Å². The minimum atomic E-state index is -0.425. The predicted octanol–water partition coefficient (Wildman–Crippen LogP) is 4.95. The van der Waals surface area contributed by atoms with Gasteiger partial charge in [0.05, 0.1) is 6.20 Å². The Bertz CT molecular complexity index is 816. The first-order valence-electron chi connectivity index (χ1n) is 8.51. The molecule has 1 N–H and O–H groups in total. The first-order valence-corrected chi connectivity index (χ1v) is 8.89. The van der Waals surface area contributed by atoms with Crippen LogP contribution in [-0.2, 0) is 0 Å². The molecule has 2 amide bonds. The van der Waals surface area contributed by atoms with Gasteiger partial charge in [0.25, 0.3) is 0 Å². The normalized spacial score (nSPS) is 24.6. The largest absolute Gasteiger partial charge is 0.322 e. The van der Waals surface area contributed by atoms with Gasteiger partial charge in [-0.3, -0.25) is 4.98 Å². The molecule has 2 saturated heterocycles. The van der Waals surface area contributed by atoms with Crippen molar-refractivity contribution in [3.05, 3.63) is 47.5 Å². The van der Waals surface area contributed by atoms with Crippen molar-refractivity contribution < 1.29 is 9.18 Å². The number of hydrogen-bond acceptors (Lipinski definition) is 2. The van der Waals surface area contributed by atoms with E-state index in [4.69, 9.17) is 11.6 Å². The fraction of sp³-hybridized carbons (Fsp3) is 0.368. The molecule has 6 heteroatoms. The molecule has 5 rings (SSSR count). The van der Waals surface area contributed by atoms with Crippen molar-refractivity contribution in [2.75, 3.05) is 5.32 Å². The Morgan fingerprint density at radius 2 is 2.00 bits per heavy atom. The molecule has 3 heterocycles. The van der Waals surface area contributed by atoms with Crippen LogP contribution in [0.4, 0.5) is 14.9 Å². The fourth-order valence-electron chi connectivity index (χ4n) is 4.05. The van der Waals surface area contributed by atoms with Crippen LogP contribution < -0.4 is 5.32 Å². The van der Waals surface area contributed by atoms with Gasteiger partial charge in [0.2, 0.25) is 0 Å². The molecule has 3 fully saturated rings. The molecule has 2 bridgehead atoms. The Morgan fingerprint density at radius 3 is 2.72 bits per heavy atom. The quantitative estimate of drug-likeness (QED) is 0.824. The van der Waals surface area contributed by atoms with E-state index in [0.717, 1.165) is 25.5 Å². The first kappa shape index (κ1) is 16.3. The van der Waals surface area contributed by atoms with Crippen LogP contribution >= 0.6 is 11.6 Å². The summed E-state index contributed by atoms with van der Waals surface area (Å²) in [6, 6.07) is 7.24. The lowest BCUT2D eigenvalue weighted by molar-refractivity contribution is -0.00600. The van der Waals surface area contributed by atoms with Crippen LogP contribution in [0.2, 0.25) is 5.02 Å². The number of rotatable bonds is 2. The topological polar surface area (TPSA) is 45.2 Å². The molecule has 3 atom stereocenters. The summed E-state index contributed by atoms with van der Waals surface area (Å²) in [5, 5.41) is 3.44. The summed E-state index contributed by atoms with van der Waals surface area (Å²) in [5.41, 5.74) is 1.87. The van der Waals surface area contributed by atoms with Crippen LogP contribution in [-0.4, -0.2) is 28.0 Å². The Labute approximate surface area is 151 Å². The molecule has 1 aliphatic carbocycles. The van der Waals surface area contributed by atoms with Crippen LogP contribution in [0.15, 0.2) is 36.7 Å². The number of urea groups is 1. The maximum Gasteiger partial charge on any atom is 0.322 e. The van der Waals surface area contributed by atoms with Gasteiger partial charge in [-0.2, -0.15) is 0 Å². The maximum atomic E-state index is 13.4. The van der Waals surface area contributed by atoms with Crippen LogP contribution in [0.3, 0.4) is 0 Å². The van der Waals surface area contributed by atoms with Crippen LogP contribution in [0.5, 0.6) is 0 Å². The predicted molar refractivity (Wildman–Crippen MR) is 96.1 cm³/mol. The van der Waals surface area contributed by atoms with Crippen molar-refractivity contribution >= 4 is 23.3 Å². The Kier molecular flexibility index (Phi) is 4.12. The molecule has 1 unspecified atom stereocenters. The van der Waals surface area contributed by atoms with Gasteiger partial charge in [-0.25, -0.2) is 9.18 Å². The molecule has 1 aromatic carbocycles. The number of amides is 2. The second kappa shape index (κ2) is 6.30. The molecular formula is C19H19ClFN3O. The Morgan fingerprint density at radius 1 is 1.24 bits per heavy atom. The highest BCUT2D eigenvalue weighted by atomic mass is 35.5. The first-order chi connectivity index (χ1) is 12.0. The summed E-state index contributed by atoms with van der Waals surface area (Å²) in [6.07, 6.45) is 5.96. The molecule has 1 aromatic heterocycles. The number of halogens is 2. The van der Waals surface area contributed by atoms with Crippen LogP contribution in [0.25, 0.3) is 11.1 Å². The minimum absolute atomic E-state index is 0.0706. The summed E-state index contributed by atoms with van der Waals surface area (Å²) < 4.78 is 13.4. The second-order valence-electron chi connectivity index (χ2n) is 7.04. The Balaban J connectivity index is 1.54. The number of aromatic nitrogens is 1. The highest BCUT2D eigenvalue weighted by molar-refractivity contribution is 6.33. The molecule has 0 radical (unpaired) electrons. The molecule has 4 nitrogen and oxygen atoms in total. The van der Waals surface area contributed by atoms with Gasteiger partial charge in [-0.05, 0) is 49.4 Å². The van der Waals surface area contributed by atoms with Gasteiger partial charge in [-0.15, -0.1) is 0 Å². The van der Waals surface area contributed by atoms with Gasteiger partial charge < -0.3 is 10.2 Å². The number of anilines is 1. The van der Waals surface area contributed by atoms with Crippen LogP contribution in [0.1, 0.15) is 26.2 Å². The fourth-order valence-corrected chi connectivity index (χ4v) is 4.28. The van der Waals surface area contributed by atoms with E-state index in [0.29, 0.717) is 39.8 Å². The zero-order chi connectivity index (χ0) is 17.6. The third kappa shape index (κ3) is 3.09. The van der Waals surface area contributed by atoms with Gasteiger partial charge in [0.15, 0.2) is 0 Å². The number of carbonyl (C=O) groups is 1. The van der Waals surface area contributed by atoms with Crippen molar-refractivity contribution in [2.45, 2.75) is 38.3 Å². The van der Waals surface area contributed by atoms with Gasteiger partial charge in [0.1, 0.15) is 5.82 Å². The SMILES string of the molecule is CC1C[C@@H]2C[C@H](C1)N2C(=O)Nc1ccc(Cl)c(-c2cncc(F)c2)c1. The highest BCUT2D eigenvalue weighted by Crippen LogP contribution is 2.41. The average Bonchev–Trinajstić information content (AvgIpc) is 2.56. The number of nitrogens with zero attached hydrogens (tertiary/aromatic N) is 2. The zero-order valence-corrected chi connectivity index (χ0v) is 14.6. The summed E-state index contributed by atoms with van der Waals surface area (Å²) >= 11 is 6.24. The molecule has 25 heavy (non-hydrogen) atoms. The van der Waals surface area contributed by atoms with Crippen molar-refractivity contribution in [3.8, 4) is 11.1 Å². The third-order valence-corrected chi connectivity index (χ3v) is 5.48. The summed E-state index contributed by atoms with van der Waals surface area (Å²) in [4.78, 5) is 18.4. The van der Waals surface area contributed by atoms with Crippen molar-refractivity contribution in [3.63, 3.8) is 0 Å². The lowest BCUT2D eigenvalue weighted by atomic mass is 9.74. The highest BCUT2D eigenvalue weighted by Gasteiger charge is 2.46. The van der Waals surface area contributed by atoms with Gasteiger partial charge in [0, 0.05) is 40.1 Å². The third-order valence-electron chi connectivity index (χ3n) is 5.15. The molecule has 3 aliphatic rings. The van der Waals surface area contributed by atoms with E-state index in [1.807, 2.05) is 4.90 Å². The number of pyridine rings is 1. The van der Waals surface area contributed by atoms with E-state index in [-0.39, 0.29) is 6.03 Å². The number of carbonyl (C=O) groups excluding carboxylic acids is 1. The number of benzene rings is 1. The number of piperidine rings is 1. The van der Waals surface area contributed by atoms with E-state index >= 15 is 0 Å². The van der Waals surface area contributed by atoms with Gasteiger partial charge >= 0.3 is 6.03 Å². The number of nitrogens with one attached hydrogen (secondary N) is 1. The summed E-state index contributed by atoms with van der Waals surface area (Å²) in [6.45, 7) is 2.24. The minimum Gasteiger partial charge on any atom is -0.318 e. The second-order valence-corrected chi connectivity index (χ2v) is 7.45. The van der Waals surface area contributed by atoms with E-state index < -0.39 is 5.82 Å². The molecule has 2 aliphatic heterocycles. The lowest BCUT2D eigenvalue weighted by Crippen LogP contribution is -2.63. The monoisotopic (exact) mass is 359 g/mol. The smallest absolute Gasteiger partial charge is 0.318 e. The lowest BCUT2D eigenvalue weighted by Gasteiger charge is -2.54. The number of fused-ring (bicyclic) bond motifs is 2. The summed E-state index contributed by atoms with van der Waals surface area (Å²) in [5.74, 6) is 0.265. The number of hydrogen-bond donors (Lipinski definition) is 1. The standard InChI is InChI=1S/C19H19ClFN3O/c1-11-4-15-8-16(5-11)24(15)19(25)23-14-2-3-18(20)17(7-14)12-6-13(21)10-22-9-12/h2-3,6-7,9-11,15-16H,4-5,8H2,1H3,(H,23,25)/t11?,15-,16+. The summed E-state index contributed by atoms with van der Waals surface area (Å²) in [7, 11) is 0. The average molecular weight is 360 g/mol. The molecular weight excluding hydrogens is 341 g/mol. The van der Waals surface area contributed by atoms with E-state index in [1.165, 1.54) is 6.07 Å².